The molecule has 1 aromatic heterocycles. The normalized spacial score (nSPS) is 17.7. The van der Waals surface area contributed by atoms with Gasteiger partial charge < -0.3 is 15.6 Å². The maximum absolute atomic E-state index is 6.04. The molecule has 0 saturated carbocycles. The zero-order chi connectivity index (χ0) is 11.8. The molecular weight excluding hydrogens is 210 g/mol. The summed E-state index contributed by atoms with van der Waals surface area (Å²) in [7, 11) is 0. The number of fused-ring (bicyclic) bond motifs is 1. The molecule has 3 N–H and O–H groups in total. The second kappa shape index (κ2) is 4.08. The van der Waals surface area contributed by atoms with Gasteiger partial charge in [-0.25, -0.2) is 0 Å². The van der Waals surface area contributed by atoms with Crippen molar-refractivity contribution < 1.29 is 0 Å². The van der Waals surface area contributed by atoms with Crippen LogP contribution in [0.3, 0.4) is 0 Å². The number of nitrogens with zero attached hydrogens (tertiary/aromatic N) is 1. The lowest BCUT2D eigenvalue weighted by Gasteiger charge is -2.26. The van der Waals surface area contributed by atoms with Crippen LogP contribution in [0.2, 0.25) is 0 Å². The van der Waals surface area contributed by atoms with Crippen molar-refractivity contribution in [2.75, 3.05) is 18.8 Å². The van der Waals surface area contributed by atoms with E-state index in [0.29, 0.717) is 6.04 Å². The molecule has 0 radical (unpaired) electrons. The number of nitrogens with two attached hydrogens (primary N) is 1. The van der Waals surface area contributed by atoms with Crippen LogP contribution in [0, 0.1) is 6.92 Å². The third kappa shape index (κ3) is 1.71. The maximum Gasteiger partial charge on any atom is 0.0505 e. The summed E-state index contributed by atoms with van der Waals surface area (Å²) in [5.74, 6) is 0. The molecule has 1 aliphatic rings. The summed E-state index contributed by atoms with van der Waals surface area (Å²) in [6, 6.07) is 9.05. The number of aromatic nitrogens is 1. The molecule has 3 heteroatoms. The van der Waals surface area contributed by atoms with E-state index in [1.54, 1.807) is 0 Å². The highest BCUT2D eigenvalue weighted by Crippen LogP contribution is 2.31. The van der Waals surface area contributed by atoms with E-state index < -0.39 is 0 Å². The number of nitrogens with one attached hydrogen (secondary N) is 1. The summed E-state index contributed by atoms with van der Waals surface area (Å²) >= 11 is 0. The Balaban J connectivity index is 2.14. The van der Waals surface area contributed by atoms with Crippen LogP contribution in [-0.2, 0) is 0 Å². The van der Waals surface area contributed by atoms with Crippen molar-refractivity contribution in [1.29, 1.82) is 0 Å². The van der Waals surface area contributed by atoms with Crippen molar-refractivity contribution in [3.63, 3.8) is 0 Å². The molecule has 90 valence electrons. The Labute approximate surface area is 102 Å². The molecule has 17 heavy (non-hydrogen) atoms. The van der Waals surface area contributed by atoms with Crippen molar-refractivity contribution in [3.05, 3.63) is 30.0 Å². The molecule has 0 amide bonds. The van der Waals surface area contributed by atoms with E-state index in [1.165, 1.54) is 29.4 Å². The fraction of sp³-hybridized carbons (Fsp3) is 0.429. The molecule has 0 atom stereocenters. The second-order valence-corrected chi connectivity index (χ2v) is 4.92. The highest BCUT2D eigenvalue weighted by atomic mass is 15.0. The van der Waals surface area contributed by atoms with Gasteiger partial charge in [0.1, 0.15) is 0 Å². The Morgan fingerprint density at radius 3 is 2.82 bits per heavy atom. The summed E-state index contributed by atoms with van der Waals surface area (Å²) in [5.41, 5.74) is 9.54. The first-order chi connectivity index (χ1) is 8.27. The Morgan fingerprint density at radius 2 is 2.06 bits per heavy atom. The van der Waals surface area contributed by atoms with Crippen LogP contribution in [0.25, 0.3) is 10.9 Å². The molecule has 3 rings (SSSR count). The Hall–Kier alpha value is -1.48. The van der Waals surface area contributed by atoms with E-state index in [1.807, 2.05) is 6.07 Å². The average molecular weight is 229 g/mol. The molecule has 2 heterocycles. The van der Waals surface area contributed by atoms with Crippen molar-refractivity contribution in [1.82, 2.24) is 9.88 Å². The molecule has 1 saturated heterocycles. The van der Waals surface area contributed by atoms with Crippen LogP contribution >= 0.6 is 0 Å². The van der Waals surface area contributed by atoms with Gasteiger partial charge in [0, 0.05) is 22.8 Å². The summed E-state index contributed by atoms with van der Waals surface area (Å²) < 4.78 is 2.46. The van der Waals surface area contributed by atoms with Crippen molar-refractivity contribution in [3.8, 4) is 0 Å². The van der Waals surface area contributed by atoms with Gasteiger partial charge in [-0.3, -0.25) is 0 Å². The van der Waals surface area contributed by atoms with Gasteiger partial charge in [-0.2, -0.15) is 0 Å². The third-order valence-corrected chi connectivity index (χ3v) is 3.78. The van der Waals surface area contributed by atoms with Gasteiger partial charge in [-0.1, -0.05) is 6.07 Å². The number of hydrogen-bond acceptors (Lipinski definition) is 2. The van der Waals surface area contributed by atoms with E-state index in [-0.39, 0.29) is 0 Å². The predicted octanol–water partition coefficient (Wildman–Crippen LogP) is 2.46. The summed E-state index contributed by atoms with van der Waals surface area (Å²) in [6.07, 6.45) is 2.42. The minimum atomic E-state index is 0.621. The molecule has 0 aliphatic carbocycles. The molecule has 0 unspecified atom stereocenters. The molecule has 0 bridgehead atoms. The van der Waals surface area contributed by atoms with Crippen LogP contribution in [-0.4, -0.2) is 17.7 Å². The lowest BCUT2D eigenvalue weighted by molar-refractivity contribution is 0.372. The number of benzene rings is 1. The fourth-order valence-electron chi connectivity index (χ4n) is 2.96. The Morgan fingerprint density at radius 1 is 1.29 bits per heavy atom. The number of anilines is 1. The first kappa shape index (κ1) is 10.7. The molecule has 1 aliphatic heterocycles. The van der Waals surface area contributed by atoms with Crippen LogP contribution in [0.15, 0.2) is 24.3 Å². The number of aryl methyl sites for hydroxylation is 1. The highest BCUT2D eigenvalue weighted by Gasteiger charge is 2.18. The lowest BCUT2D eigenvalue weighted by atomic mass is 10.1. The average Bonchev–Trinajstić information content (AvgIpc) is 2.68. The summed E-state index contributed by atoms with van der Waals surface area (Å²) in [4.78, 5) is 0. The van der Waals surface area contributed by atoms with Gasteiger partial charge in [0.25, 0.3) is 0 Å². The third-order valence-electron chi connectivity index (χ3n) is 3.78. The van der Waals surface area contributed by atoms with E-state index in [2.05, 4.69) is 35.0 Å². The smallest absolute Gasteiger partial charge is 0.0505 e. The Bertz CT molecular complexity index is 536. The topological polar surface area (TPSA) is 43.0 Å². The maximum atomic E-state index is 6.04. The molecule has 1 aromatic carbocycles. The minimum absolute atomic E-state index is 0.621. The van der Waals surface area contributed by atoms with Crippen molar-refractivity contribution in [2.45, 2.75) is 25.8 Å². The number of hydrogen-bond donors (Lipinski definition) is 2. The predicted molar refractivity (Wildman–Crippen MR) is 72.2 cm³/mol. The van der Waals surface area contributed by atoms with Crippen molar-refractivity contribution in [2.24, 2.45) is 0 Å². The SMILES string of the molecule is Cc1cc2c(N)cccc2n1C1CCNCC1. The van der Waals surface area contributed by atoms with E-state index in [0.717, 1.165) is 18.8 Å². The monoisotopic (exact) mass is 229 g/mol. The molecule has 3 nitrogen and oxygen atoms in total. The first-order valence-electron chi connectivity index (χ1n) is 6.34. The number of nitrogen functional groups attached to an aromatic ring is 1. The second-order valence-electron chi connectivity index (χ2n) is 4.92. The minimum Gasteiger partial charge on any atom is -0.398 e. The van der Waals surface area contributed by atoms with E-state index >= 15 is 0 Å². The molecule has 0 spiro atoms. The van der Waals surface area contributed by atoms with Gasteiger partial charge in [0.05, 0.1) is 5.52 Å². The zero-order valence-corrected chi connectivity index (χ0v) is 10.2. The van der Waals surface area contributed by atoms with E-state index in [9.17, 15) is 0 Å². The van der Waals surface area contributed by atoms with Gasteiger partial charge in [0.15, 0.2) is 0 Å². The standard InChI is InChI=1S/C14H19N3/c1-10-9-12-13(15)3-2-4-14(12)17(10)11-5-7-16-8-6-11/h2-4,9,11,16H,5-8,15H2,1H3. The summed E-state index contributed by atoms with van der Waals surface area (Å²) in [5, 5.41) is 4.62. The van der Waals surface area contributed by atoms with Gasteiger partial charge in [0.2, 0.25) is 0 Å². The lowest BCUT2D eigenvalue weighted by Crippen LogP contribution is -2.29. The van der Waals surface area contributed by atoms with Crippen molar-refractivity contribution >= 4 is 16.6 Å². The van der Waals surface area contributed by atoms with Gasteiger partial charge in [-0.05, 0) is 51.1 Å². The van der Waals surface area contributed by atoms with Crippen LogP contribution in [0.1, 0.15) is 24.6 Å². The fourth-order valence-corrected chi connectivity index (χ4v) is 2.96. The van der Waals surface area contributed by atoms with Gasteiger partial charge >= 0.3 is 0 Å². The number of rotatable bonds is 1. The summed E-state index contributed by atoms with van der Waals surface area (Å²) in [6.45, 7) is 4.42. The molecular formula is C14H19N3. The van der Waals surface area contributed by atoms with Crippen LogP contribution in [0.5, 0.6) is 0 Å². The largest absolute Gasteiger partial charge is 0.398 e. The zero-order valence-electron chi connectivity index (χ0n) is 10.2. The first-order valence-corrected chi connectivity index (χ1v) is 6.34. The van der Waals surface area contributed by atoms with Crippen LogP contribution in [0.4, 0.5) is 5.69 Å². The van der Waals surface area contributed by atoms with Gasteiger partial charge in [-0.15, -0.1) is 0 Å². The quantitative estimate of drug-likeness (QED) is 0.738. The number of piperidine rings is 1. The highest BCUT2D eigenvalue weighted by molar-refractivity contribution is 5.92. The van der Waals surface area contributed by atoms with Crippen LogP contribution < -0.4 is 11.1 Å². The molecule has 2 aromatic rings. The Kier molecular flexibility index (Phi) is 2.56. The van der Waals surface area contributed by atoms with E-state index in [4.69, 9.17) is 5.73 Å². The molecule has 1 fully saturated rings.